The molecule has 4 aromatic rings. The Bertz CT molecular complexity index is 1320. The number of hydrogen-bond donors (Lipinski definition) is 3. The van der Waals surface area contributed by atoms with E-state index < -0.39 is 5.91 Å². The molecule has 1 aliphatic rings. The smallest absolute Gasteiger partial charge is 0.314 e. The summed E-state index contributed by atoms with van der Waals surface area (Å²) in [7, 11) is 0. The highest BCUT2D eigenvalue weighted by Gasteiger charge is 2.25. The lowest BCUT2D eigenvalue weighted by Gasteiger charge is -2.08. The number of nitrogens with zero attached hydrogens (tertiary/aromatic N) is 4. The number of carbonyl (C=O) groups is 1. The second-order valence-corrected chi connectivity index (χ2v) is 6.74. The van der Waals surface area contributed by atoms with Crippen molar-refractivity contribution in [2.75, 3.05) is 23.8 Å². The van der Waals surface area contributed by atoms with Crippen LogP contribution in [0, 0.1) is 0 Å². The van der Waals surface area contributed by atoms with Crippen molar-refractivity contribution in [2.45, 2.75) is 0 Å². The molecule has 3 aromatic heterocycles. The number of fused-ring (bicyclic) bond motifs is 5. The molecule has 0 saturated carbocycles. The Morgan fingerprint density at radius 1 is 1.21 bits per heavy atom. The second kappa shape index (κ2) is 6.80. The van der Waals surface area contributed by atoms with Gasteiger partial charge in [-0.05, 0) is 24.3 Å². The van der Waals surface area contributed by atoms with Gasteiger partial charge in [-0.2, -0.15) is 0 Å². The van der Waals surface area contributed by atoms with Crippen LogP contribution >= 0.6 is 11.6 Å². The third-order valence-corrected chi connectivity index (χ3v) is 4.72. The normalized spacial score (nSPS) is 13.7. The molecule has 0 fully saturated rings. The molecule has 9 nitrogen and oxygen atoms in total. The Morgan fingerprint density at radius 3 is 2.93 bits per heavy atom. The molecule has 1 aliphatic heterocycles. The summed E-state index contributed by atoms with van der Waals surface area (Å²) in [6.07, 6.45) is 1.36. The molecule has 0 spiro atoms. The highest BCUT2D eigenvalue weighted by atomic mass is 35.5. The van der Waals surface area contributed by atoms with Crippen molar-refractivity contribution in [3.05, 3.63) is 47.6 Å². The van der Waals surface area contributed by atoms with Crippen LogP contribution in [0.25, 0.3) is 21.9 Å². The predicted molar refractivity (Wildman–Crippen MR) is 109 cm³/mol. The van der Waals surface area contributed by atoms with E-state index in [0.29, 0.717) is 39.3 Å². The first-order chi connectivity index (χ1) is 14.1. The first-order valence-electron chi connectivity index (χ1n) is 8.68. The average molecular weight is 409 g/mol. The number of furan rings is 1. The lowest BCUT2D eigenvalue weighted by Crippen LogP contribution is -2.16. The molecule has 1 amide bonds. The number of aliphatic hydroxyl groups is 1. The maximum Gasteiger partial charge on any atom is 0.314 e. The van der Waals surface area contributed by atoms with Gasteiger partial charge in [-0.15, -0.1) is 0 Å². The van der Waals surface area contributed by atoms with Gasteiger partial charge in [-0.3, -0.25) is 4.79 Å². The number of halogens is 1. The number of nitrogens with one attached hydrogen (secondary N) is 2. The maximum atomic E-state index is 12.4. The number of rotatable bonds is 3. The van der Waals surface area contributed by atoms with Gasteiger partial charge in [-0.25, -0.2) is 19.9 Å². The van der Waals surface area contributed by atoms with Crippen LogP contribution in [-0.4, -0.2) is 44.8 Å². The average Bonchev–Trinajstić information content (AvgIpc) is 3.02. The van der Waals surface area contributed by atoms with Crippen LogP contribution in [0.4, 0.5) is 17.3 Å². The first-order valence-corrected chi connectivity index (χ1v) is 9.06. The number of aliphatic imine (C=N–C) groups is 1. The molecule has 3 N–H and O–H groups in total. The molecule has 0 unspecified atom stereocenters. The zero-order valence-electron chi connectivity index (χ0n) is 14.8. The summed E-state index contributed by atoms with van der Waals surface area (Å²) in [5.74, 6) is 0.700. The van der Waals surface area contributed by atoms with Crippen LogP contribution in [0.5, 0.6) is 0 Å². The van der Waals surface area contributed by atoms with Crippen LogP contribution in [0.15, 0.2) is 46.1 Å². The maximum absolute atomic E-state index is 12.4. The van der Waals surface area contributed by atoms with Crippen LogP contribution in [0.2, 0.25) is 5.15 Å². The van der Waals surface area contributed by atoms with Crippen molar-refractivity contribution in [1.29, 1.82) is 0 Å². The monoisotopic (exact) mass is 408 g/mol. The van der Waals surface area contributed by atoms with E-state index >= 15 is 0 Å². The standard InChI is InChI=1S/C19H13ClN6O3/c20-13-5-15(23-8-22-13)26-14-4-1-10-11(25-14)2-3-12-16(10)17-18(29-12)19(28)24-9(7-27)6-21-17/h1-5,8,21,27H,6-7H2,(H,22,23,25,26). The number of anilines is 3. The van der Waals surface area contributed by atoms with Gasteiger partial charge in [-0.1, -0.05) is 11.6 Å². The minimum Gasteiger partial charge on any atom is -0.449 e. The number of aliphatic hydroxyl groups excluding tert-OH is 1. The molecule has 5 rings (SSSR count). The quantitative estimate of drug-likeness (QED) is 0.441. The fourth-order valence-electron chi connectivity index (χ4n) is 3.24. The lowest BCUT2D eigenvalue weighted by atomic mass is 10.1. The third kappa shape index (κ3) is 3.06. The SMILES string of the molecule is O=C1N=C(CO)CNc2c1oc1ccc3nc(Nc4cc(Cl)ncn4)ccc3c21. The summed E-state index contributed by atoms with van der Waals surface area (Å²) < 4.78 is 5.75. The highest BCUT2D eigenvalue weighted by molar-refractivity contribution is 6.29. The fraction of sp³-hybridized carbons (Fsp3) is 0.105. The van der Waals surface area contributed by atoms with Crippen molar-refractivity contribution in [3.8, 4) is 0 Å². The molecule has 144 valence electrons. The number of pyridine rings is 1. The molecule has 29 heavy (non-hydrogen) atoms. The number of carbonyl (C=O) groups excluding carboxylic acids is 1. The minimum atomic E-state index is -0.523. The van der Waals surface area contributed by atoms with E-state index in [-0.39, 0.29) is 18.9 Å². The Kier molecular flexibility index (Phi) is 4.11. The highest BCUT2D eigenvalue weighted by Crippen LogP contribution is 2.37. The van der Waals surface area contributed by atoms with Gasteiger partial charge >= 0.3 is 5.91 Å². The van der Waals surface area contributed by atoms with E-state index in [4.69, 9.17) is 16.0 Å². The first kappa shape index (κ1) is 17.5. The largest absolute Gasteiger partial charge is 0.449 e. The van der Waals surface area contributed by atoms with Crippen LogP contribution in [0.3, 0.4) is 0 Å². The second-order valence-electron chi connectivity index (χ2n) is 6.35. The summed E-state index contributed by atoms with van der Waals surface area (Å²) in [5, 5.41) is 17.4. The van der Waals surface area contributed by atoms with E-state index in [9.17, 15) is 9.90 Å². The molecule has 0 atom stereocenters. The predicted octanol–water partition coefficient (Wildman–Crippen LogP) is 3.17. The van der Waals surface area contributed by atoms with Crippen LogP contribution in [-0.2, 0) is 0 Å². The summed E-state index contributed by atoms with van der Waals surface area (Å²) >= 11 is 5.89. The van der Waals surface area contributed by atoms with E-state index in [2.05, 4.69) is 30.6 Å². The number of amides is 1. The van der Waals surface area contributed by atoms with Crippen LogP contribution in [0.1, 0.15) is 10.6 Å². The minimum absolute atomic E-state index is 0.119. The summed E-state index contributed by atoms with van der Waals surface area (Å²) in [4.78, 5) is 28.9. The van der Waals surface area contributed by atoms with Gasteiger partial charge in [0, 0.05) is 11.5 Å². The van der Waals surface area contributed by atoms with E-state index in [1.54, 1.807) is 18.2 Å². The van der Waals surface area contributed by atoms with Gasteiger partial charge in [0.05, 0.1) is 35.5 Å². The van der Waals surface area contributed by atoms with Gasteiger partial charge in [0.2, 0.25) is 5.76 Å². The van der Waals surface area contributed by atoms with E-state index in [1.807, 2.05) is 12.1 Å². The topological polar surface area (TPSA) is 126 Å². The van der Waals surface area contributed by atoms with Crippen molar-refractivity contribution in [2.24, 2.45) is 4.99 Å². The molecule has 10 heteroatoms. The van der Waals surface area contributed by atoms with Crippen molar-refractivity contribution in [1.82, 2.24) is 15.0 Å². The number of benzene rings is 1. The zero-order chi connectivity index (χ0) is 20.0. The van der Waals surface area contributed by atoms with Gasteiger partial charge in [0.25, 0.3) is 0 Å². The molecule has 0 bridgehead atoms. The van der Waals surface area contributed by atoms with E-state index in [1.165, 1.54) is 6.33 Å². The lowest BCUT2D eigenvalue weighted by molar-refractivity contribution is 0.0979. The Labute approximate surface area is 168 Å². The molecule has 4 heterocycles. The van der Waals surface area contributed by atoms with Crippen LogP contribution < -0.4 is 10.6 Å². The Balaban J connectivity index is 1.60. The van der Waals surface area contributed by atoms with Gasteiger partial charge < -0.3 is 20.2 Å². The Hall–Kier alpha value is -3.56. The molecule has 0 saturated heterocycles. The van der Waals surface area contributed by atoms with Crippen molar-refractivity contribution in [3.63, 3.8) is 0 Å². The third-order valence-electron chi connectivity index (χ3n) is 4.52. The van der Waals surface area contributed by atoms with Crippen molar-refractivity contribution >= 4 is 62.4 Å². The number of aromatic nitrogens is 3. The molecule has 0 aliphatic carbocycles. The number of hydrogen-bond acceptors (Lipinski definition) is 8. The molecule has 1 aromatic carbocycles. The molecular formula is C19H13ClN6O3. The fourth-order valence-corrected chi connectivity index (χ4v) is 3.39. The van der Waals surface area contributed by atoms with Gasteiger partial charge in [0.1, 0.15) is 28.7 Å². The summed E-state index contributed by atoms with van der Waals surface area (Å²) in [6.45, 7) is -0.0485. The van der Waals surface area contributed by atoms with E-state index in [0.717, 1.165) is 10.8 Å². The Morgan fingerprint density at radius 2 is 2.10 bits per heavy atom. The summed E-state index contributed by atoms with van der Waals surface area (Å²) in [6, 6.07) is 8.85. The molecule has 0 radical (unpaired) electrons. The summed E-state index contributed by atoms with van der Waals surface area (Å²) in [5.41, 5.74) is 2.15. The molecular weight excluding hydrogens is 396 g/mol. The van der Waals surface area contributed by atoms with Gasteiger partial charge in [0.15, 0.2) is 0 Å². The zero-order valence-corrected chi connectivity index (χ0v) is 15.6. The van der Waals surface area contributed by atoms with Crippen molar-refractivity contribution < 1.29 is 14.3 Å².